The van der Waals surface area contributed by atoms with Crippen LogP contribution in [0.1, 0.15) is 44.6 Å². The van der Waals surface area contributed by atoms with Crippen LogP contribution in [0.5, 0.6) is 0 Å². The molecule has 2 saturated heterocycles. The minimum Gasteiger partial charge on any atom is -0.343 e. The van der Waals surface area contributed by atoms with Crippen LogP contribution in [0.2, 0.25) is 0 Å². The van der Waals surface area contributed by atoms with E-state index in [0.717, 1.165) is 57.9 Å². The maximum atomic E-state index is 12.8. The molecule has 0 radical (unpaired) electrons. The fraction of sp³-hybridized carbons (Fsp3) is 0.593. The van der Waals surface area contributed by atoms with Gasteiger partial charge in [0.15, 0.2) is 0 Å². The molecule has 2 heterocycles. The summed E-state index contributed by atoms with van der Waals surface area (Å²) in [6.07, 6.45) is 5.21. The molecule has 4 rings (SSSR count). The van der Waals surface area contributed by atoms with Crippen LogP contribution in [-0.4, -0.2) is 66.9 Å². The van der Waals surface area contributed by atoms with E-state index >= 15 is 0 Å². The van der Waals surface area contributed by atoms with Gasteiger partial charge in [-0.3, -0.25) is 9.69 Å². The molecule has 2 aliphatic rings. The lowest BCUT2D eigenvalue weighted by Gasteiger charge is -2.42. The van der Waals surface area contributed by atoms with Crippen LogP contribution in [0, 0.1) is 11.8 Å². The van der Waals surface area contributed by atoms with Crippen molar-refractivity contribution in [2.75, 3.05) is 40.3 Å². The highest BCUT2D eigenvalue weighted by atomic mass is 16.2. The first-order valence-corrected chi connectivity index (χ1v) is 12.1. The number of benzene rings is 2. The van der Waals surface area contributed by atoms with Crippen molar-refractivity contribution in [2.45, 2.75) is 51.6 Å². The highest BCUT2D eigenvalue weighted by molar-refractivity contribution is 5.83. The number of nitrogens with zero attached hydrogens (tertiary/aromatic N) is 3. The second-order valence-electron chi connectivity index (χ2n) is 10.1. The Balaban J connectivity index is 1.36. The SMILES string of the molecule is CC1CCN(C(=O)CC[C@H]2CN(Cc3ccc4ccccc4c3)CC[C@H]2N(C)C)CC1. The molecule has 31 heavy (non-hydrogen) atoms. The molecule has 0 N–H and O–H groups in total. The van der Waals surface area contributed by atoms with Crippen LogP contribution in [-0.2, 0) is 11.3 Å². The Morgan fingerprint density at radius 3 is 2.48 bits per heavy atom. The van der Waals surface area contributed by atoms with Gasteiger partial charge in [-0.2, -0.15) is 0 Å². The van der Waals surface area contributed by atoms with Crippen molar-refractivity contribution < 1.29 is 4.79 Å². The van der Waals surface area contributed by atoms with E-state index in [1.807, 2.05) is 0 Å². The third kappa shape index (κ3) is 5.67. The second kappa shape index (κ2) is 10.1. The van der Waals surface area contributed by atoms with Crippen LogP contribution in [0.15, 0.2) is 42.5 Å². The first kappa shape index (κ1) is 22.3. The normalized spacial score (nSPS) is 23.5. The lowest BCUT2D eigenvalue weighted by Crippen LogP contribution is -2.49. The van der Waals surface area contributed by atoms with E-state index in [9.17, 15) is 4.79 Å². The zero-order valence-corrected chi connectivity index (χ0v) is 19.6. The van der Waals surface area contributed by atoms with E-state index < -0.39 is 0 Å². The van der Waals surface area contributed by atoms with Gasteiger partial charge in [0.25, 0.3) is 0 Å². The van der Waals surface area contributed by atoms with E-state index in [-0.39, 0.29) is 0 Å². The van der Waals surface area contributed by atoms with Gasteiger partial charge in [0.2, 0.25) is 5.91 Å². The molecule has 2 atom stereocenters. The van der Waals surface area contributed by atoms with Gasteiger partial charge in [-0.1, -0.05) is 43.3 Å². The Morgan fingerprint density at radius 1 is 1.00 bits per heavy atom. The molecule has 4 heteroatoms. The Bertz CT molecular complexity index is 872. The first-order valence-electron chi connectivity index (χ1n) is 12.1. The van der Waals surface area contributed by atoms with Crippen LogP contribution in [0.25, 0.3) is 10.8 Å². The van der Waals surface area contributed by atoms with E-state index in [1.54, 1.807) is 0 Å². The Kier molecular flexibility index (Phi) is 7.29. The highest BCUT2D eigenvalue weighted by Crippen LogP contribution is 2.27. The molecule has 0 unspecified atom stereocenters. The van der Waals surface area contributed by atoms with Crippen molar-refractivity contribution in [1.29, 1.82) is 0 Å². The molecular formula is C27H39N3O. The van der Waals surface area contributed by atoms with Crippen molar-refractivity contribution in [2.24, 2.45) is 11.8 Å². The molecule has 0 aromatic heterocycles. The third-order valence-corrected chi connectivity index (χ3v) is 7.53. The summed E-state index contributed by atoms with van der Waals surface area (Å²) in [5.74, 6) is 1.69. The minimum absolute atomic E-state index is 0.371. The smallest absolute Gasteiger partial charge is 0.222 e. The van der Waals surface area contributed by atoms with Crippen LogP contribution in [0.3, 0.4) is 0 Å². The predicted molar refractivity (Wildman–Crippen MR) is 129 cm³/mol. The number of hydrogen-bond acceptors (Lipinski definition) is 3. The summed E-state index contributed by atoms with van der Waals surface area (Å²) in [6.45, 7) is 7.42. The summed E-state index contributed by atoms with van der Waals surface area (Å²) in [5.41, 5.74) is 1.39. The third-order valence-electron chi connectivity index (χ3n) is 7.53. The maximum Gasteiger partial charge on any atom is 0.222 e. The average molecular weight is 422 g/mol. The number of fused-ring (bicyclic) bond motifs is 1. The predicted octanol–water partition coefficient (Wildman–Crippen LogP) is 4.63. The number of rotatable bonds is 6. The largest absolute Gasteiger partial charge is 0.343 e. The van der Waals surface area contributed by atoms with Gasteiger partial charge in [0, 0.05) is 38.6 Å². The molecule has 2 fully saturated rings. The average Bonchev–Trinajstić information content (AvgIpc) is 2.78. The summed E-state index contributed by atoms with van der Waals surface area (Å²) in [4.78, 5) is 19.9. The van der Waals surface area contributed by atoms with Crippen molar-refractivity contribution in [3.63, 3.8) is 0 Å². The lowest BCUT2D eigenvalue weighted by molar-refractivity contribution is -0.133. The van der Waals surface area contributed by atoms with E-state index in [0.29, 0.717) is 24.3 Å². The number of carbonyl (C=O) groups is 1. The van der Waals surface area contributed by atoms with E-state index in [1.165, 1.54) is 22.8 Å². The number of carbonyl (C=O) groups excluding carboxylic acids is 1. The lowest BCUT2D eigenvalue weighted by atomic mass is 9.87. The van der Waals surface area contributed by atoms with Crippen LogP contribution in [0.4, 0.5) is 0 Å². The minimum atomic E-state index is 0.371. The standard InChI is InChI=1S/C27H39N3O/c1-21-12-16-30(17-13-21)27(31)11-10-25-20-29(15-14-26(25)28(2)3)19-22-8-9-23-6-4-5-7-24(23)18-22/h4-9,18,21,25-26H,10-17,19-20H2,1-3H3/t25-,26+/m0/s1. The number of hydrogen-bond donors (Lipinski definition) is 0. The highest BCUT2D eigenvalue weighted by Gasteiger charge is 2.31. The molecular weight excluding hydrogens is 382 g/mol. The quantitative estimate of drug-likeness (QED) is 0.680. The summed E-state index contributed by atoms with van der Waals surface area (Å²) in [6, 6.07) is 16.0. The van der Waals surface area contributed by atoms with Crippen molar-refractivity contribution in [1.82, 2.24) is 14.7 Å². The number of amides is 1. The van der Waals surface area contributed by atoms with Crippen LogP contribution < -0.4 is 0 Å². The zero-order valence-electron chi connectivity index (χ0n) is 19.6. The van der Waals surface area contributed by atoms with Crippen molar-refractivity contribution >= 4 is 16.7 Å². The summed E-state index contributed by atoms with van der Waals surface area (Å²) in [5, 5.41) is 2.63. The second-order valence-corrected chi connectivity index (χ2v) is 10.1. The van der Waals surface area contributed by atoms with Gasteiger partial charge in [0.1, 0.15) is 0 Å². The zero-order chi connectivity index (χ0) is 21.8. The van der Waals surface area contributed by atoms with Crippen molar-refractivity contribution in [3.8, 4) is 0 Å². The Hall–Kier alpha value is -1.91. The maximum absolute atomic E-state index is 12.8. The molecule has 0 saturated carbocycles. The molecule has 2 aromatic carbocycles. The molecule has 2 aliphatic heterocycles. The van der Waals surface area contributed by atoms with Crippen molar-refractivity contribution in [3.05, 3.63) is 48.0 Å². The van der Waals surface area contributed by atoms with Gasteiger partial charge in [0.05, 0.1) is 0 Å². The molecule has 0 bridgehead atoms. The summed E-state index contributed by atoms with van der Waals surface area (Å²) in [7, 11) is 4.40. The van der Waals surface area contributed by atoms with Gasteiger partial charge < -0.3 is 9.80 Å². The fourth-order valence-electron chi connectivity index (χ4n) is 5.52. The summed E-state index contributed by atoms with van der Waals surface area (Å²) >= 11 is 0. The van der Waals surface area contributed by atoms with Gasteiger partial charge in [-0.15, -0.1) is 0 Å². The Labute approximate surface area is 188 Å². The van der Waals surface area contributed by atoms with E-state index in [4.69, 9.17) is 0 Å². The van der Waals surface area contributed by atoms with Gasteiger partial charge >= 0.3 is 0 Å². The molecule has 0 aliphatic carbocycles. The molecule has 0 spiro atoms. The van der Waals surface area contributed by atoms with Crippen LogP contribution >= 0.6 is 0 Å². The summed E-state index contributed by atoms with van der Waals surface area (Å²) < 4.78 is 0. The monoisotopic (exact) mass is 421 g/mol. The molecule has 1 amide bonds. The topological polar surface area (TPSA) is 26.8 Å². The molecule has 4 nitrogen and oxygen atoms in total. The Morgan fingerprint density at radius 2 is 1.74 bits per heavy atom. The van der Waals surface area contributed by atoms with E-state index in [2.05, 4.69) is 78.2 Å². The number of piperidine rings is 2. The number of likely N-dealkylation sites (tertiary alicyclic amines) is 2. The molecule has 168 valence electrons. The fourth-order valence-corrected chi connectivity index (χ4v) is 5.52. The first-order chi connectivity index (χ1) is 15.0. The van der Waals surface area contributed by atoms with Gasteiger partial charge in [-0.25, -0.2) is 0 Å². The van der Waals surface area contributed by atoms with Gasteiger partial charge in [-0.05, 0) is 80.6 Å². The molecule has 2 aromatic rings.